The van der Waals surface area contributed by atoms with E-state index in [1.165, 1.54) is 0 Å². The number of Topliss-reactive ketones (excluding diaryl/α,β-unsaturated/α-hetero) is 1. The Labute approximate surface area is 171 Å². The van der Waals surface area contributed by atoms with Gasteiger partial charge in [0.15, 0.2) is 19.0 Å². The number of nitrogens with one attached hydrogen (secondary N) is 1. The van der Waals surface area contributed by atoms with E-state index in [0.29, 0.717) is 23.4 Å². The standard InChI is InChI=1S/C23H27NO5/c1-15(2)12-21(26)24-19-10-8-18(9-11-19)20(25)13-28-22(27)14-29-23-16(3)6-5-7-17(23)4/h5-11,15H,12-14H2,1-4H3,(H,24,26). The zero-order valence-electron chi connectivity index (χ0n) is 17.3. The van der Waals surface area contributed by atoms with Crippen LogP contribution in [0.15, 0.2) is 42.5 Å². The van der Waals surface area contributed by atoms with Gasteiger partial charge in [-0.05, 0) is 55.2 Å². The lowest BCUT2D eigenvalue weighted by Gasteiger charge is -2.11. The first-order chi connectivity index (χ1) is 13.8. The fourth-order valence-corrected chi connectivity index (χ4v) is 2.75. The normalized spacial score (nSPS) is 10.5. The van der Waals surface area contributed by atoms with E-state index >= 15 is 0 Å². The van der Waals surface area contributed by atoms with Crippen LogP contribution in [0, 0.1) is 19.8 Å². The number of ether oxygens (including phenoxy) is 2. The highest BCUT2D eigenvalue weighted by Gasteiger charge is 2.13. The summed E-state index contributed by atoms with van der Waals surface area (Å²) in [7, 11) is 0. The van der Waals surface area contributed by atoms with Crippen molar-refractivity contribution in [3.63, 3.8) is 0 Å². The van der Waals surface area contributed by atoms with Crippen molar-refractivity contribution < 1.29 is 23.9 Å². The first-order valence-electron chi connectivity index (χ1n) is 9.54. The van der Waals surface area contributed by atoms with Gasteiger partial charge >= 0.3 is 5.97 Å². The Hall–Kier alpha value is -3.15. The van der Waals surface area contributed by atoms with Crippen molar-refractivity contribution >= 4 is 23.3 Å². The highest BCUT2D eigenvalue weighted by molar-refractivity contribution is 5.98. The average molecular weight is 397 g/mol. The topological polar surface area (TPSA) is 81.7 Å². The third-order valence-electron chi connectivity index (χ3n) is 4.19. The molecule has 1 amide bonds. The molecule has 0 saturated heterocycles. The van der Waals surface area contributed by atoms with Gasteiger partial charge in [0.25, 0.3) is 0 Å². The predicted octanol–water partition coefficient (Wildman–Crippen LogP) is 4.09. The fourth-order valence-electron chi connectivity index (χ4n) is 2.75. The number of para-hydroxylation sites is 1. The maximum atomic E-state index is 12.2. The van der Waals surface area contributed by atoms with Crippen LogP contribution < -0.4 is 10.1 Å². The minimum atomic E-state index is -0.612. The van der Waals surface area contributed by atoms with Crippen LogP contribution in [0.2, 0.25) is 0 Å². The van der Waals surface area contributed by atoms with Crippen molar-refractivity contribution in [3.05, 3.63) is 59.2 Å². The van der Waals surface area contributed by atoms with E-state index < -0.39 is 5.97 Å². The van der Waals surface area contributed by atoms with Crippen LogP contribution in [0.1, 0.15) is 41.8 Å². The van der Waals surface area contributed by atoms with E-state index in [2.05, 4.69) is 5.32 Å². The number of carbonyl (C=O) groups excluding carboxylic acids is 3. The summed E-state index contributed by atoms with van der Waals surface area (Å²) in [6, 6.07) is 12.2. The second kappa shape index (κ2) is 10.4. The second-order valence-electron chi connectivity index (χ2n) is 7.32. The molecule has 0 saturated carbocycles. The Morgan fingerprint density at radius 2 is 1.55 bits per heavy atom. The Kier molecular flexibility index (Phi) is 7.95. The maximum absolute atomic E-state index is 12.2. The molecule has 2 rings (SSSR count). The molecule has 0 atom stereocenters. The molecule has 6 nitrogen and oxygen atoms in total. The lowest BCUT2D eigenvalue weighted by molar-refractivity contribution is -0.144. The number of anilines is 1. The Morgan fingerprint density at radius 1 is 0.931 bits per heavy atom. The molecular weight excluding hydrogens is 370 g/mol. The number of amides is 1. The molecule has 0 fully saturated rings. The number of carbonyl (C=O) groups is 3. The molecule has 2 aromatic rings. The molecular formula is C23H27NO5. The third kappa shape index (κ3) is 7.07. The third-order valence-corrected chi connectivity index (χ3v) is 4.19. The summed E-state index contributed by atoms with van der Waals surface area (Å²) < 4.78 is 10.5. The van der Waals surface area contributed by atoms with Crippen LogP contribution in [0.4, 0.5) is 5.69 Å². The van der Waals surface area contributed by atoms with Crippen molar-refractivity contribution in [2.24, 2.45) is 5.92 Å². The van der Waals surface area contributed by atoms with Gasteiger partial charge in [-0.3, -0.25) is 9.59 Å². The van der Waals surface area contributed by atoms with Gasteiger partial charge in [0.2, 0.25) is 5.91 Å². The van der Waals surface area contributed by atoms with E-state index in [1.54, 1.807) is 24.3 Å². The number of ketones is 1. The van der Waals surface area contributed by atoms with Crippen molar-refractivity contribution in [2.45, 2.75) is 34.1 Å². The van der Waals surface area contributed by atoms with Gasteiger partial charge in [-0.1, -0.05) is 32.0 Å². The summed E-state index contributed by atoms with van der Waals surface area (Å²) in [4.78, 5) is 35.9. The van der Waals surface area contributed by atoms with Gasteiger partial charge in [-0.15, -0.1) is 0 Å². The molecule has 0 aliphatic rings. The van der Waals surface area contributed by atoms with Crippen molar-refractivity contribution in [2.75, 3.05) is 18.5 Å². The molecule has 0 aliphatic heterocycles. The number of hydrogen-bond donors (Lipinski definition) is 1. The molecule has 6 heteroatoms. The quantitative estimate of drug-likeness (QED) is 0.509. The highest BCUT2D eigenvalue weighted by Crippen LogP contribution is 2.22. The Balaban J connectivity index is 1.81. The second-order valence-corrected chi connectivity index (χ2v) is 7.32. The van der Waals surface area contributed by atoms with E-state index in [0.717, 1.165) is 11.1 Å². The van der Waals surface area contributed by atoms with Crippen molar-refractivity contribution in [3.8, 4) is 5.75 Å². The van der Waals surface area contributed by atoms with Crippen LogP contribution in [0.25, 0.3) is 0 Å². The van der Waals surface area contributed by atoms with E-state index in [1.807, 2.05) is 45.9 Å². The summed E-state index contributed by atoms with van der Waals surface area (Å²) in [6.07, 6.45) is 0.431. The summed E-state index contributed by atoms with van der Waals surface area (Å²) in [5, 5.41) is 2.78. The number of aryl methyl sites for hydroxylation is 2. The van der Waals surface area contributed by atoms with Crippen LogP contribution >= 0.6 is 0 Å². The largest absolute Gasteiger partial charge is 0.481 e. The van der Waals surface area contributed by atoms with Crippen LogP contribution in [0.5, 0.6) is 5.75 Å². The summed E-state index contributed by atoms with van der Waals surface area (Å²) in [5.41, 5.74) is 2.87. The molecule has 2 aromatic carbocycles. The van der Waals surface area contributed by atoms with E-state index in [-0.39, 0.29) is 30.8 Å². The maximum Gasteiger partial charge on any atom is 0.344 e. The molecule has 0 aromatic heterocycles. The Morgan fingerprint density at radius 3 is 2.14 bits per heavy atom. The number of rotatable bonds is 9. The number of benzene rings is 2. The number of esters is 1. The first-order valence-corrected chi connectivity index (χ1v) is 9.54. The average Bonchev–Trinajstić information content (AvgIpc) is 2.65. The monoisotopic (exact) mass is 397 g/mol. The lowest BCUT2D eigenvalue weighted by atomic mass is 10.1. The SMILES string of the molecule is Cc1cccc(C)c1OCC(=O)OCC(=O)c1ccc(NC(=O)CC(C)C)cc1. The molecule has 0 spiro atoms. The van der Waals surface area contributed by atoms with Crippen molar-refractivity contribution in [1.29, 1.82) is 0 Å². The minimum Gasteiger partial charge on any atom is -0.481 e. The van der Waals surface area contributed by atoms with Gasteiger partial charge in [0, 0.05) is 17.7 Å². The molecule has 0 heterocycles. The fraction of sp³-hybridized carbons (Fsp3) is 0.348. The molecule has 0 radical (unpaired) electrons. The minimum absolute atomic E-state index is 0.0723. The highest BCUT2D eigenvalue weighted by atomic mass is 16.6. The van der Waals surface area contributed by atoms with Gasteiger partial charge in [0.1, 0.15) is 5.75 Å². The summed E-state index contributed by atoms with van der Waals surface area (Å²) in [6.45, 7) is 7.09. The van der Waals surface area contributed by atoms with Gasteiger partial charge in [-0.25, -0.2) is 4.79 Å². The smallest absolute Gasteiger partial charge is 0.344 e. The zero-order chi connectivity index (χ0) is 21.4. The van der Waals surface area contributed by atoms with Gasteiger partial charge in [-0.2, -0.15) is 0 Å². The molecule has 0 bridgehead atoms. The van der Waals surface area contributed by atoms with Gasteiger partial charge < -0.3 is 14.8 Å². The van der Waals surface area contributed by atoms with Crippen LogP contribution in [0.3, 0.4) is 0 Å². The molecule has 29 heavy (non-hydrogen) atoms. The first kappa shape index (κ1) is 22.1. The molecule has 0 unspecified atom stereocenters. The lowest BCUT2D eigenvalue weighted by Crippen LogP contribution is -2.20. The predicted molar refractivity (Wildman–Crippen MR) is 111 cm³/mol. The van der Waals surface area contributed by atoms with Crippen molar-refractivity contribution in [1.82, 2.24) is 0 Å². The zero-order valence-corrected chi connectivity index (χ0v) is 17.3. The van der Waals surface area contributed by atoms with E-state index in [4.69, 9.17) is 9.47 Å². The summed E-state index contributed by atoms with van der Waals surface area (Å²) in [5.74, 6) is -0.101. The van der Waals surface area contributed by atoms with E-state index in [9.17, 15) is 14.4 Å². The molecule has 154 valence electrons. The number of hydrogen-bond acceptors (Lipinski definition) is 5. The Bertz CT molecular complexity index is 851. The van der Waals surface area contributed by atoms with Crippen LogP contribution in [-0.4, -0.2) is 30.9 Å². The molecule has 1 N–H and O–H groups in total. The van der Waals surface area contributed by atoms with Gasteiger partial charge in [0.05, 0.1) is 0 Å². The van der Waals surface area contributed by atoms with Crippen LogP contribution in [-0.2, 0) is 14.3 Å². The molecule has 0 aliphatic carbocycles. The summed E-state index contributed by atoms with van der Waals surface area (Å²) >= 11 is 0.